The van der Waals surface area contributed by atoms with Gasteiger partial charge >= 0.3 is 0 Å². The number of rotatable bonds is 4. The fourth-order valence-corrected chi connectivity index (χ4v) is 5.62. The van der Waals surface area contributed by atoms with Gasteiger partial charge in [0.2, 0.25) is 0 Å². The molecule has 3 aromatic rings. The molecule has 0 spiro atoms. The number of aliphatic hydroxyl groups excluding tert-OH is 1. The molecule has 2 aliphatic rings. The number of benzene rings is 1. The number of imidazole rings is 1. The van der Waals surface area contributed by atoms with Gasteiger partial charge in [-0.2, -0.15) is 11.3 Å². The van der Waals surface area contributed by atoms with Crippen molar-refractivity contribution in [2.45, 2.75) is 31.5 Å². The van der Waals surface area contributed by atoms with Crippen molar-refractivity contribution in [1.82, 2.24) is 14.5 Å². The third kappa shape index (κ3) is 3.35. The van der Waals surface area contributed by atoms with E-state index in [9.17, 15) is 5.11 Å². The van der Waals surface area contributed by atoms with Crippen LogP contribution in [0, 0.1) is 11.8 Å². The maximum absolute atomic E-state index is 10.9. The van der Waals surface area contributed by atoms with Gasteiger partial charge in [0, 0.05) is 37.6 Å². The molecule has 1 saturated heterocycles. The summed E-state index contributed by atoms with van der Waals surface area (Å²) in [7, 11) is 0. The van der Waals surface area contributed by atoms with Crippen molar-refractivity contribution in [3.63, 3.8) is 0 Å². The van der Waals surface area contributed by atoms with Gasteiger partial charge in [-0.3, -0.25) is 4.90 Å². The topological polar surface area (TPSA) is 41.3 Å². The van der Waals surface area contributed by atoms with Gasteiger partial charge in [-0.15, -0.1) is 0 Å². The Morgan fingerprint density at radius 1 is 1.07 bits per heavy atom. The monoisotopic (exact) mass is 379 g/mol. The highest BCUT2D eigenvalue weighted by Crippen LogP contribution is 2.42. The molecule has 1 saturated carbocycles. The van der Waals surface area contributed by atoms with Crippen LogP contribution in [0.4, 0.5) is 0 Å². The lowest BCUT2D eigenvalue weighted by Crippen LogP contribution is -2.36. The molecule has 3 heterocycles. The summed E-state index contributed by atoms with van der Waals surface area (Å²) in [6.07, 6.45) is 5.51. The van der Waals surface area contributed by atoms with Crippen LogP contribution < -0.4 is 0 Å². The second-order valence-corrected chi connectivity index (χ2v) is 8.76. The maximum atomic E-state index is 10.9. The Morgan fingerprint density at radius 2 is 1.89 bits per heavy atom. The summed E-state index contributed by atoms with van der Waals surface area (Å²) in [5.74, 6) is 2.23. The fraction of sp³-hybridized carbons (Fsp3) is 0.409. The van der Waals surface area contributed by atoms with Gasteiger partial charge in [0.05, 0.1) is 12.1 Å². The van der Waals surface area contributed by atoms with E-state index in [-0.39, 0.29) is 12.1 Å². The first-order chi connectivity index (χ1) is 13.3. The second-order valence-electron chi connectivity index (χ2n) is 7.98. The third-order valence-electron chi connectivity index (χ3n) is 6.23. The third-order valence-corrected chi connectivity index (χ3v) is 6.96. The standard InChI is InChI=1S/C22H25N3OS/c26-21-11-19-14-24(12-16-6-9-27-15-16)13-18(19)10-20(21)25-8-7-23-22(25)17-4-2-1-3-5-17/h1-9,15,18-21,26H,10-14H2/t18-,19+,20-,21-/m0/s1. The summed E-state index contributed by atoms with van der Waals surface area (Å²) < 4.78 is 2.21. The SMILES string of the molecule is O[C@H]1C[C@@H]2CN(Cc3ccsc3)C[C@@H]2C[C@@H]1n1ccnc1-c1ccccc1. The number of aliphatic hydroxyl groups is 1. The summed E-state index contributed by atoms with van der Waals surface area (Å²) in [5, 5.41) is 15.3. The lowest BCUT2D eigenvalue weighted by Gasteiger charge is -2.36. The largest absolute Gasteiger partial charge is 0.391 e. The quantitative estimate of drug-likeness (QED) is 0.743. The van der Waals surface area contributed by atoms with Gasteiger partial charge in [-0.05, 0) is 47.1 Å². The highest BCUT2D eigenvalue weighted by molar-refractivity contribution is 7.07. The molecule has 1 aliphatic carbocycles. The number of nitrogens with zero attached hydrogens (tertiary/aromatic N) is 3. The van der Waals surface area contributed by atoms with Gasteiger partial charge in [-0.25, -0.2) is 4.98 Å². The van der Waals surface area contributed by atoms with E-state index in [4.69, 9.17) is 0 Å². The van der Waals surface area contributed by atoms with Crippen LogP contribution in [0.1, 0.15) is 24.4 Å². The van der Waals surface area contributed by atoms with Crippen LogP contribution in [0.15, 0.2) is 59.6 Å². The molecule has 5 rings (SSSR count). The lowest BCUT2D eigenvalue weighted by atomic mass is 9.77. The molecule has 4 nitrogen and oxygen atoms in total. The molecule has 5 heteroatoms. The van der Waals surface area contributed by atoms with Crippen molar-refractivity contribution in [1.29, 1.82) is 0 Å². The van der Waals surface area contributed by atoms with Gasteiger partial charge in [0.25, 0.3) is 0 Å². The predicted octanol–water partition coefficient (Wildman–Crippen LogP) is 4.06. The minimum absolute atomic E-state index is 0.116. The van der Waals surface area contributed by atoms with Crippen LogP contribution in [0.5, 0.6) is 0 Å². The molecule has 140 valence electrons. The number of thiophene rings is 1. The van der Waals surface area contributed by atoms with Gasteiger partial charge < -0.3 is 9.67 Å². The molecule has 2 aromatic heterocycles. The van der Waals surface area contributed by atoms with E-state index >= 15 is 0 Å². The summed E-state index contributed by atoms with van der Waals surface area (Å²) >= 11 is 1.77. The minimum atomic E-state index is -0.302. The van der Waals surface area contributed by atoms with Gasteiger partial charge in [0.1, 0.15) is 5.82 Å². The van der Waals surface area contributed by atoms with Crippen molar-refractivity contribution >= 4 is 11.3 Å². The highest BCUT2D eigenvalue weighted by Gasteiger charge is 2.42. The van der Waals surface area contributed by atoms with Crippen LogP contribution in [-0.4, -0.2) is 38.8 Å². The molecule has 2 fully saturated rings. The summed E-state index contributed by atoms with van der Waals surface area (Å²) in [5.41, 5.74) is 2.53. The van der Waals surface area contributed by atoms with E-state index < -0.39 is 0 Å². The lowest BCUT2D eigenvalue weighted by molar-refractivity contribution is 0.0365. The summed E-state index contributed by atoms with van der Waals surface area (Å²) in [6, 6.07) is 12.6. The van der Waals surface area contributed by atoms with Crippen molar-refractivity contribution in [3.8, 4) is 11.4 Å². The molecule has 0 unspecified atom stereocenters. The summed E-state index contributed by atoms with van der Waals surface area (Å²) in [6.45, 7) is 3.29. The Hall–Kier alpha value is -1.95. The number of hydrogen-bond donors (Lipinski definition) is 1. The average Bonchev–Trinajstić information content (AvgIpc) is 3.42. The Labute approximate surface area is 164 Å². The predicted molar refractivity (Wildman–Crippen MR) is 109 cm³/mol. The average molecular weight is 380 g/mol. The Kier molecular flexibility index (Phi) is 4.60. The number of fused-ring (bicyclic) bond motifs is 1. The van der Waals surface area contributed by atoms with E-state index in [1.54, 1.807) is 11.3 Å². The van der Waals surface area contributed by atoms with Crippen LogP contribution in [0.25, 0.3) is 11.4 Å². The zero-order valence-corrected chi connectivity index (χ0v) is 16.1. The number of likely N-dealkylation sites (tertiary alicyclic amines) is 1. The normalized spacial score (nSPS) is 28.3. The Balaban J connectivity index is 1.34. The Morgan fingerprint density at radius 3 is 2.67 bits per heavy atom. The van der Waals surface area contributed by atoms with E-state index in [0.717, 1.165) is 43.9 Å². The smallest absolute Gasteiger partial charge is 0.140 e. The van der Waals surface area contributed by atoms with E-state index in [1.807, 2.05) is 30.6 Å². The van der Waals surface area contributed by atoms with Crippen molar-refractivity contribution < 1.29 is 5.11 Å². The molecule has 1 N–H and O–H groups in total. The number of hydrogen-bond acceptors (Lipinski definition) is 4. The zero-order chi connectivity index (χ0) is 18.2. The van der Waals surface area contributed by atoms with Gasteiger partial charge in [-0.1, -0.05) is 30.3 Å². The first-order valence-electron chi connectivity index (χ1n) is 9.77. The van der Waals surface area contributed by atoms with E-state index in [2.05, 4.69) is 43.4 Å². The van der Waals surface area contributed by atoms with Crippen LogP contribution in [-0.2, 0) is 6.54 Å². The van der Waals surface area contributed by atoms with Crippen LogP contribution >= 0.6 is 11.3 Å². The maximum Gasteiger partial charge on any atom is 0.140 e. The summed E-state index contributed by atoms with van der Waals surface area (Å²) in [4.78, 5) is 7.16. The molecule has 1 aliphatic heterocycles. The molecular formula is C22H25N3OS. The zero-order valence-electron chi connectivity index (χ0n) is 15.3. The second kappa shape index (κ2) is 7.23. The molecule has 0 radical (unpaired) electrons. The number of aromatic nitrogens is 2. The molecule has 0 bridgehead atoms. The van der Waals surface area contributed by atoms with Crippen molar-refractivity contribution in [2.75, 3.05) is 13.1 Å². The first-order valence-corrected chi connectivity index (χ1v) is 10.7. The molecule has 4 atom stereocenters. The van der Waals surface area contributed by atoms with Crippen LogP contribution in [0.2, 0.25) is 0 Å². The molecule has 1 aromatic carbocycles. The Bertz CT molecular complexity index is 876. The highest BCUT2D eigenvalue weighted by atomic mass is 32.1. The van der Waals surface area contributed by atoms with Crippen LogP contribution in [0.3, 0.4) is 0 Å². The molecule has 0 amide bonds. The minimum Gasteiger partial charge on any atom is -0.391 e. The molecular weight excluding hydrogens is 354 g/mol. The van der Waals surface area contributed by atoms with Crippen molar-refractivity contribution in [3.05, 3.63) is 65.1 Å². The van der Waals surface area contributed by atoms with E-state index in [0.29, 0.717) is 11.8 Å². The first kappa shape index (κ1) is 17.2. The van der Waals surface area contributed by atoms with Gasteiger partial charge in [0.15, 0.2) is 0 Å². The molecule has 27 heavy (non-hydrogen) atoms. The van der Waals surface area contributed by atoms with Crippen molar-refractivity contribution in [2.24, 2.45) is 11.8 Å². The van der Waals surface area contributed by atoms with E-state index in [1.165, 1.54) is 5.56 Å². The fourth-order valence-electron chi connectivity index (χ4n) is 4.96.